The molecule has 2 rings (SSSR count). The van der Waals surface area contributed by atoms with Gasteiger partial charge in [0.25, 0.3) is 0 Å². The molecule has 1 atom stereocenters. The Labute approximate surface area is 118 Å². The average Bonchev–Trinajstić information content (AvgIpc) is 2.42. The predicted octanol–water partition coefficient (Wildman–Crippen LogP) is 4.83. The van der Waals surface area contributed by atoms with Gasteiger partial charge >= 0.3 is 0 Å². The van der Waals surface area contributed by atoms with E-state index in [9.17, 15) is 8.78 Å². The van der Waals surface area contributed by atoms with Crippen LogP contribution >= 0.6 is 11.6 Å². The maximum Gasteiger partial charge on any atom is 0.142 e. The molecule has 1 nitrogen and oxygen atoms in total. The first-order valence-corrected chi connectivity index (χ1v) is 7.30. The fourth-order valence-electron chi connectivity index (χ4n) is 3.00. The number of halogens is 3. The first-order chi connectivity index (χ1) is 9.02. The summed E-state index contributed by atoms with van der Waals surface area (Å²) in [5.74, 6) is -0.111. The van der Waals surface area contributed by atoms with E-state index in [-0.39, 0.29) is 16.5 Å². The normalized spacial score (nSPS) is 25.3. The first kappa shape index (κ1) is 14.7. The molecule has 19 heavy (non-hydrogen) atoms. The van der Waals surface area contributed by atoms with Gasteiger partial charge in [-0.05, 0) is 36.8 Å². The molecule has 1 saturated carbocycles. The molecule has 1 aliphatic rings. The quantitative estimate of drug-likeness (QED) is 0.791. The summed E-state index contributed by atoms with van der Waals surface area (Å²) in [6.45, 7) is 2.19. The number of benzene rings is 1. The highest BCUT2D eigenvalue weighted by atomic mass is 35.5. The molecule has 4 heteroatoms. The third-order valence-electron chi connectivity index (χ3n) is 4.38. The van der Waals surface area contributed by atoms with Gasteiger partial charge in [0, 0.05) is 11.6 Å². The maximum absolute atomic E-state index is 13.8. The van der Waals surface area contributed by atoms with E-state index in [1.54, 1.807) is 0 Å². The highest BCUT2D eigenvalue weighted by Crippen LogP contribution is 2.38. The highest BCUT2D eigenvalue weighted by molar-refractivity contribution is 6.30. The topological polar surface area (TPSA) is 26.0 Å². The highest BCUT2D eigenvalue weighted by Gasteiger charge is 2.27. The SMILES string of the molecule is CCC1CCC(C(N)c2cc(F)c(Cl)cc2F)CC1. The summed E-state index contributed by atoms with van der Waals surface area (Å²) in [7, 11) is 0. The molecule has 0 radical (unpaired) electrons. The van der Waals surface area contributed by atoms with Crippen molar-refractivity contribution >= 4 is 11.6 Å². The van der Waals surface area contributed by atoms with Crippen molar-refractivity contribution in [2.75, 3.05) is 0 Å². The van der Waals surface area contributed by atoms with Gasteiger partial charge in [-0.2, -0.15) is 0 Å². The van der Waals surface area contributed by atoms with Crippen molar-refractivity contribution in [1.29, 1.82) is 0 Å². The summed E-state index contributed by atoms with van der Waals surface area (Å²) in [6, 6.07) is 1.72. The van der Waals surface area contributed by atoms with Gasteiger partial charge in [0.05, 0.1) is 5.02 Å². The third kappa shape index (κ3) is 3.26. The number of hydrogen-bond acceptors (Lipinski definition) is 1. The van der Waals surface area contributed by atoms with Crippen LogP contribution in [0.2, 0.25) is 5.02 Å². The minimum atomic E-state index is -0.601. The second kappa shape index (κ2) is 6.19. The summed E-state index contributed by atoms with van der Waals surface area (Å²) in [5.41, 5.74) is 6.38. The van der Waals surface area contributed by atoms with E-state index in [2.05, 4.69) is 6.92 Å². The molecule has 1 aromatic carbocycles. The Hall–Kier alpha value is -0.670. The summed E-state index contributed by atoms with van der Waals surface area (Å²) in [5, 5.41) is -0.192. The van der Waals surface area contributed by atoms with Gasteiger partial charge in [-0.1, -0.05) is 37.8 Å². The van der Waals surface area contributed by atoms with Gasteiger partial charge in [-0.15, -0.1) is 0 Å². The lowest BCUT2D eigenvalue weighted by Gasteiger charge is -2.32. The fraction of sp³-hybridized carbons (Fsp3) is 0.600. The average molecular weight is 288 g/mol. The minimum absolute atomic E-state index is 0.192. The standard InChI is InChI=1S/C15H20ClF2N/c1-2-9-3-5-10(6-4-9)15(19)11-7-14(18)12(16)8-13(11)17/h7-10,15H,2-6,19H2,1H3. The van der Waals surface area contributed by atoms with Crippen LogP contribution in [0.5, 0.6) is 0 Å². The molecule has 0 spiro atoms. The Balaban J connectivity index is 2.12. The summed E-state index contributed by atoms with van der Waals surface area (Å²) in [4.78, 5) is 0. The molecule has 2 N–H and O–H groups in total. The lowest BCUT2D eigenvalue weighted by Crippen LogP contribution is -2.26. The van der Waals surface area contributed by atoms with E-state index in [4.69, 9.17) is 17.3 Å². The zero-order chi connectivity index (χ0) is 14.0. The fourth-order valence-corrected chi connectivity index (χ4v) is 3.15. The summed E-state index contributed by atoms with van der Waals surface area (Å²) in [6.07, 6.45) is 5.43. The second-order valence-electron chi connectivity index (χ2n) is 5.50. The lowest BCUT2D eigenvalue weighted by molar-refractivity contribution is 0.237. The van der Waals surface area contributed by atoms with Crippen LogP contribution in [0.15, 0.2) is 12.1 Å². The molecule has 1 aliphatic carbocycles. The Morgan fingerprint density at radius 3 is 2.42 bits per heavy atom. The van der Waals surface area contributed by atoms with Crippen molar-refractivity contribution in [2.24, 2.45) is 17.6 Å². The molecular formula is C15H20ClF2N. The van der Waals surface area contributed by atoms with Crippen LogP contribution in [0.4, 0.5) is 8.78 Å². The van der Waals surface area contributed by atoms with E-state index in [1.807, 2.05) is 0 Å². The zero-order valence-electron chi connectivity index (χ0n) is 11.1. The van der Waals surface area contributed by atoms with Gasteiger partial charge < -0.3 is 5.73 Å². The van der Waals surface area contributed by atoms with E-state index in [0.29, 0.717) is 0 Å². The van der Waals surface area contributed by atoms with Crippen LogP contribution < -0.4 is 5.73 Å². The number of nitrogens with two attached hydrogens (primary N) is 1. The minimum Gasteiger partial charge on any atom is -0.324 e. The van der Waals surface area contributed by atoms with Crippen molar-refractivity contribution in [1.82, 2.24) is 0 Å². The molecule has 0 heterocycles. The van der Waals surface area contributed by atoms with Gasteiger partial charge in [-0.25, -0.2) is 8.78 Å². The molecule has 0 saturated heterocycles. The molecule has 1 aromatic rings. The van der Waals surface area contributed by atoms with Crippen molar-refractivity contribution < 1.29 is 8.78 Å². The van der Waals surface area contributed by atoms with Gasteiger partial charge in [0.15, 0.2) is 0 Å². The molecule has 0 amide bonds. The van der Waals surface area contributed by atoms with Gasteiger partial charge in [0.1, 0.15) is 11.6 Å². The van der Waals surface area contributed by atoms with Crippen LogP contribution in [0.1, 0.15) is 50.6 Å². The molecule has 1 unspecified atom stereocenters. The van der Waals surface area contributed by atoms with Crippen molar-refractivity contribution in [3.63, 3.8) is 0 Å². The molecule has 0 aliphatic heterocycles. The van der Waals surface area contributed by atoms with E-state index in [0.717, 1.165) is 43.7 Å². The van der Waals surface area contributed by atoms with Crippen molar-refractivity contribution in [3.8, 4) is 0 Å². The number of hydrogen-bond donors (Lipinski definition) is 1. The first-order valence-electron chi connectivity index (χ1n) is 6.93. The Bertz CT molecular complexity index is 442. The monoisotopic (exact) mass is 287 g/mol. The molecule has 0 aromatic heterocycles. The van der Waals surface area contributed by atoms with E-state index < -0.39 is 17.7 Å². The second-order valence-corrected chi connectivity index (χ2v) is 5.91. The Morgan fingerprint density at radius 2 is 1.84 bits per heavy atom. The summed E-state index contributed by atoms with van der Waals surface area (Å²) < 4.78 is 27.3. The maximum atomic E-state index is 13.8. The van der Waals surface area contributed by atoms with Crippen molar-refractivity contribution in [3.05, 3.63) is 34.4 Å². The largest absolute Gasteiger partial charge is 0.324 e. The Kier molecular flexibility index (Phi) is 4.80. The molecular weight excluding hydrogens is 268 g/mol. The van der Waals surface area contributed by atoms with Crippen molar-refractivity contribution in [2.45, 2.75) is 45.1 Å². The smallest absolute Gasteiger partial charge is 0.142 e. The van der Waals surface area contributed by atoms with Gasteiger partial charge in [0.2, 0.25) is 0 Å². The van der Waals surface area contributed by atoms with Crippen LogP contribution in [-0.4, -0.2) is 0 Å². The van der Waals surface area contributed by atoms with Gasteiger partial charge in [-0.3, -0.25) is 0 Å². The van der Waals surface area contributed by atoms with E-state index in [1.165, 1.54) is 6.42 Å². The van der Waals surface area contributed by atoms with Crippen LogP contribution in [0.3, 0.4) is 0 Å². The molecule has 106 valence electrons. The van der Waals surface area contributed by atoms with Crippen LogP contribution in [0, 0.1) is 23.5 Å². The number of rotatable bonds is 3. The van der Waals surface area contributed by atoms with Crippen LogP contribution in [0.25, 0.3) is 0 Å². The predicted molar refractivity (Wildman–Crippen MR) is 74.0 cm³/mol. The third-order valence-corrected chi connectivity index (χ3v) is 4.66. The Morgan fingerprint density at radius 1 is 1.21 bits per heavy atom. The lowest BCUT2D eigenvalue weighted by atomic mass is 9.76. The van der Waals surface area contributed by atoms with E-state index >= 15 is 0 Å². The molecule has 0 bridgehead atoms. The summed E-state index contributed by atoms with van der Waals surface area (Å²) >= 11 is 5.56. The van der Waals surface area contributed by atoms with Crippen LogP contribution in [-0.2, 0) is 0 Å². The molecule has 1 fully saturated rings. The zero-order valence-corrected chi connectivity index (χ0v) is 11.9.